The quantitative estimate of drug-likeness (QED) is 0.0854. The lowest BCUT2D eigenvalue weighted by atomic mass is 10.1. The van der Waals surface area contributed by atoms with E-state index in [1.54, 1.807) is 42.5 Å². The van der Waals surface area contributed by atoms with E-state index in [4.69, 9.17) is 14.2 Å². The van der Waals surface area contributed by atoms with Crippen molar-refractivity contribution in [2.75, 3.05) is 31.5 Å². The molecular formula is C28H25N3O8. The third kappa shape index (κ3) is 7.29. The predicted octanol–water partition coefficient (Wildman–Crippen LogP) is 4.62. The lowest BCUT2D eigenvalue weighted by Crippen LogP contribution is -2.25. The molecular weight excluding hydrogens is 506 g/mol. The number of anilines is 2. The summed E-state index contributed by atoms with van der Waals surface area (Å²) in [5.41, 5.74) is 0.962. The van der Waals surface area contributed by atoms with Crippen LogP contribution in [-0.4, -0.2) is 43.4 Å². The lowest BCUT2D eigenvalue weighted by Gasteiger charge is -2.13. The topological polar surface area (TPSA) is 146 Å². The number of benzene rings is 3. The summed E-state index contributed by atoms with van der Waals surface area (Å²) in [4.78, 5) is 49.2. The fourth-order valence-corrected chi connectivity index (χ4v) is 3.32. The van der Waals surface area contributed by atoms with E-state index in [9.17, 15) is 24.5 Å². The molecule has 0 aliphatic rings. The summed E-state index contributed by atoms with van der Waals surface area (Å²) in [5, 5.41) is 16.4. The first kappa shape index (κ1) is 28.1. The van der Waals surface area contributed by atoms with Gasteiger partial charge in [0.2, 0.25) is 5.78 Å². The van der Waals surface area contributed by atoms with E-state index in [-0.39, 0.29) is 22.7 Å². The number of Topliss-reactive ketones (excluding diaryl/α,β-unsaturated/α-hetero) is 1. The number of hydrogen-bond donors (Lipinski definition) is 2. The number of hydrogen-bond acceptors (Lipinski definition) is 9. The van der Waals surface area contributed by atoms with Crippen LogP contribution in [0.5, 0.6) is 11.5 Å². The van der Waals surface area contributed by atoms with E-state index >= 15 is 0 Å². The van der Waals surface area contributed by atoms with Gasteiger partial charge in [0.1, 0.15) is 17.1 Å². The highest BCUT2D eigenvalue weighted by molar-refractivity contribution is 6.24. The van der Waals surface area contributed by atoms with E-state index in [2.05, 4.69) is 17.2 Å². The zero-order valence-corrected chi connectivity index (χ0v) is 21.1. The Morgan fingerprint density at radius 1 is 0.949 bits per heavy atom. The molecule has 0 aliphatic heterocycles. The highest BCUT2D eigenvalue weighted by Gasteiger charge is 2.22. The number of ketones is 1. The van der Waals surface area contributed by atoms with Crippen molar-refractivity contribution in [1.29, 1.82) is 0 Å². The van der Waals surface area contributed by atoms with E-state index in [1.165, 1.54) is 44.6 Å². The molecule has 3 rings (SSSR count). The number of esters is 1. The normalized spacial score (nSPS) is 10.7. The second-order valence-electron chi connectivity index (χ2n) is 7.82. The maximum absolute atomic E-state index is 13.2. The molecule has 0 radical (unpaired) electrons. The average molecular weight is 532 g/mol. The number of carbonyl (C=O) groups is 3. The fraction of sp³-hybridized carbons (Fsp3) is 0.107. The molecule has 1 amide bonds. The molecule has 0 unspecified atom stereocenters. The third-order valence-corrected chi connectivity index (χ3v) is 5.38. The minimum atomic E-state index is -0.815. The Labute approximate surface area is 223 Å². The van der Waals surface area contributed by atoms with E-state index in [0.29, 0.717) is 11.4 Å². The van der Waals surface area contributed by atoms with Gasteiger partial charge in [-0.3, -0.25) is 19.7 Å². The number of nitrogens with zero attached hydrogens (tertiary/aromatic N) is 1. The van der Waals surface area contributed by atoms with E-state index in [1.807, 2.05) is 0 Å². The van der Waals surface area contributed by atoms with Gasteiger partial charge in [0.15, 0.2) is 6.61 Å². The molecule has 11 heteroatoms. The second kappa shape index (κ2) is 13.2. The highest BCUT2D eigenvalue weighted by Crippen LogP contribution is 2.29. The third-order valence-electron chi connectivity index (χ3n) is 5.38. The molecule has 3 aromatic carbocycles. The standard InChI is InChI=1S/C28H25N3O8/c1-4-18-9-11-19(12-10-18)28(34)39-17-24(32)21(27(33)30-23-7-5-6-8-25(23)37-2)16-29-22-14-13-20(31(35)36)15-26(22)38-3/h4-16,29H,1,17H2,2-3H3,(H,30,33)/b21-16+. The van der Waals surface area contributed by atoms with Crippen molar-refractivity contribution in [3.05, 3.63) is 106 Å². The minimum absolute atomic E-state index is 0.104. The van der Waals surface area contributed by atoms with Crippen LogP contribution in [0.25, 0.3) is 6.08 Å². The van der Waals surface area contributed by atoms with Crippen molar-refractivity contribution in [2.45, 2.75) is 0 Å². The molecule has 0 aliphatic carbocycles. The maximum atomic E-state index is 13.2. The number of rotatable bonds is 12. The van der Waals surface area contributed by atoms with Crippen molar-refractivity contribution in [3.63, 3.8) is 0 Å². The Kier molecular flexibility index (Phi) is 9.52. The summed E-state index contributed by atoms with van der Waals surface area (Å²) < 4.78 is 15.6. The molecule has 0 saturated carbocycles. The van der Waals surface area contributed by atoms with Gasteiger partial charge in [0.05, 0.1) is 42.1 Å². The van der Waals surface area contributed by atoms with Crippen LogP contribution in [0, 0.1) is 10.1 Å². The Morgan fingerprint density at radius 3 is 2.28 bits per heavy atom. The van der Waals surface area contributed by atoms with Crippen LogP contribution in [-0.2, 0) is 14.3 Å². The first-order chi connectivity index (χ1) is 18.8. The Morgan fingerprint density at radius 2 is 1.64 bits per heavy atom. The van der Waals surface area contributed by atoms with Gasteiger partial charge in [0.25, 0.3) is 11.6 Å². The average Bonchev–Trinajstić information content (AvgIpc) is 2.96. The molecule has 3 aromatic rings. The Balaban J connectivity index is 1.85. The van der Waals surface area contributed by atoms with Gasteiger partial charge >= 0.3 is 5.97 Å². The number of para-hydroxylation sites is 2. The van der Waals surface area contributed by atoms with Crippen LogP contribution in [0.15, 0.2) is 85.1 Å². The van der Waals surface area contributed by atoms with Crippen molar-refractivity contribution in [3.8, 4) is 11.5 Å². The minimum Gasteiger partial charge on any atom is -0.495 e. The van der Waals surface area contributed by atoms with Crippen LogP contribution in [0.2, 0.25) is 0 Å². The van der Waals surface area contributed by atoms with Crippen molar-refractivity contribution in [2.24, 2.45) is 0 Å². The molecule has 0 aromatic heterocycles. The molecule has 2 N–H and O–H groups in total. The Bertz CT molecular complexity index is 1430. The summed E-state index contributed by atoms with van der Waals surface area (Å²) in [6, 6.07) is 16.7. The summed E-state index contributed by atoms with van der Waals surface area (Å²) in [6.07, 6.45) is 2.71. The molecule has 0 bridgehead atoms. The van der Waals surface area contributed by atoms with Gasteiger partial charge < -0.3 is 24.8 Å². The molecule has 0 saturated heterocycles. The number of ether oxygens (including phenoxy) is 3. The van der Waals surface area contributed by atoms with Gasteiger partial charge in [-0.1, -0.05) is 36.9 Å². The number of nitro groups is 1. The first-order valence-corrected chi connectivity index (χ1v) is 11.4. The van der Waals surface area contributed by atoms with E-state index in [0.717, 1.165) is 11.8 Å². The van der Waals surface area contributed by atoms with Crippen LogP contribution >= 0.6 is 0 Å². The van der Waals surface area contributed by atoms with Crippen molar-refractivity contribution >= 4 is 40.8 Å². The fourth-order valence-electron chi connectivity index (χ4n) is 3.32. The number of methoxy groups -OCH3 is 2. The second-order valence-corrected chi connectivity index (χ2v) is 7.82. The number of nitro benzene ring substituents is 1. The summed E-state index contributed by atoms with van der Waals surface area (Å²) >= 11 is 0. The van der Waals surface area contributed by atoms with Crippen LogP contribution < -0.4 is 20.1 Å². The monoisotopic (exact) mass is 531 g/mol. The first-order valence-electron chi connectivity index (χ1n) is 11.4. The van der Waals surface area contributed by atoms with Gasteiger partial charge in [0, 0.05) is 12.3 Å². The molecule has 0 atom stereocenters. The molecule has 0 fully saturated rings. The molecule has 200 valence electrons. The predicted molar refractivity (Wildman–Crippen MR) is 145 cm³/mol. The maximum Gasteiger partial charge on any atom is 0.338 e. The zero-order chi connectivity index (χ0) is 28.4. The highest BCUT2D eigenvalue weighted by atomic mass is 16.6. The van der Waals surface area contributed by atoms with Gasteiger partial charge in [-0.25, -0.2) is 4.79 Å². The lowest BCUT2D eigenvalue weighted by molar-refractivity contribution is -0.384. The molecule has 39 heavy (non-hydrogen) atoms. The number of amides is 1. The molecule has 0 heterocycles. The van der Waals surface area contributed by atoms with Crippen LogP contribution in [0.4, 0.5) is 17.1 Å². The Hall–Kier alpha value is -5.45. The summed E-state index contributed by atoms with van der Waals surface area (Å²) in [7, 11) is 2.74. The van der Waals surface area contributed by atoms with E-state index < -0.39 is 34.8 Å². The smallest absolute Gasteiger partial charge is 0.338 e. The summed E-state index contributed by atoms with van der Waals surface area (Å²) in [6.45, 7) is 2.92. The SMILES string of the molecule is C=Cc1ccc(C(=O)OCC(=O)/C(=C\Nc2ccc([N+](=O)[O-])cc2OC)C(=O)Nc2ccccc2OC)cc1. The zero-order valence-electron chi connectivity index (χ0n) is 21.1. The number of carbonyl (C=O) groups excluding carboxylic acids is 3. The van der Waals surface area contributed by atoms with Gasteiger partial charge in [-0.05, 0) is 35.9 Å². The molecule has 11 nitrogen and oxygen atoms in total. The van der Waals surface area contributed by atoms with Crippen LogP contribution in [0.3, 0.4) is 0 Å². The van der Waals surface area contributed by atoms with Crippen molar-refractivity contribution in [1.82, 2.24) is 0 Å². The summed E-state index contributed by atoms with van der Waals surface area (Å²) in [5.74, 6) is -1.92. The van der Waals surface area contributed by atoms with Crippen molar-refractivity contribution < 1.29 is 33.5 Å². The van der Waals surface area contributed by atoms with Gasteiger partial charge in [-0.2, -0.15) is 0 Å². The van der Waals surface area contributed by atoms with Gasteiger partial charge in [-0.15, -0.1) is 0 Å². The largest absolute Gasteiger partial charge is 0.495 e. The van der Waals surface area contributed by atoms with Crippen LogP contribution in [0.1, 0.15) is 15.9 Å². The molecule has 0 spiro atoms. The number of nitrogens with one attached hydrogen (secondary N) is 2. The number of non-ortho nitro benzene ring substituents is 1.